The van der Waals surface area contributed by atoms with Gasteiger partial charge in [0.2, 0.25) is 0 Å². The second-order valence-corrected chi connectivity index (χ2v) is 16.7. The second-order valence-electron chi connectivity index (χ2n) is 16.7. The highest BCUT2D eigenvalue weighted by molar-refractivity contribution is 5.98. The molecule has 8 heteroatoms. The largest absolute Gasteiger partial charge is 0.462 e. The van der Waals surface area contributed by atoms with Crippen molar-refractivity contribution in [3.8, 4) is 0 Å². The molecule has 0 saturated heterocycles. The van der Waals surface area contributed by atoms with E-state index in [4.69, 9.17) is 30.3 Å². The van der Waals surface area contributed by atoms with Crippen molar-refractivity contribution in [1.29, 1.82) is 0 Å². The summed E-state index contributed by atoms with van der Waals surface area (Å²) in [4.78, 5) is 12.8. The maximum Gasteiger partial charge on any atom is 0.306 e. The lowest BCUT2D eigenvalue weighted by atomic mass is 9.47. The van der Waals surface area contributed by atoms with Crippen molar-refractivity contribution < 1.29 is 28.3 Å². The lowest BCUT2D eigenvalue weighted by Gasteiger charge is -2.58. The zero-order valence-electron chi connectivity index (χ0n) is 32.6. The number of rotatable bonds is 25. The number of esters is 1. The molecule has 2 unspecified atom stereocenters. The van der Waals surface area contributed by atoms with E-state index in [0.717, 1.165) is 56.8 Å². The minimum atomic E-state index is -0.208. The lowest BCUT2D eigenvalue weighted by molar-refractivity contribution is -0.160. The Labute approximate surface area is 314 Å². The van der Waals surface area contributed by atoms with Crippen LogP contribution in [0.25, 0.3) is 0 Å². The highest BCUT2D eigenvalue weighted by atomic mass is 16.5. The molecule has 0 bridgehead atoms. The Balaban J connectivity index is 1.14. The van der Waals surface area contributed by atoms with Gasteiger partial charge in [-0.15, -0.1) is 6.58 Å². The molecule has 0 N–H and O–H groups in total. The van der Waals surface area contributed by atoms with Crippen LogP contribution in [0.15, 0.2) is 36.5 Å². The Bertz CT molecular complexity index is 1090. The summed E-state index contributed by atoms with van der Waals surface area (Å²) in [6, 6.07) is 0. The fraction of sp³-hybridized carbons (Fsp3) is 0.837. The molecule has 0 aromatic carbocycles. The van der Waals surface area contributed by atoms with E-state index in [0.29, 0.717) is 18.9 Å². The van der Waals surface area contributed by atoms with E-state index < -0.39 is 0 Å². The van der Waals surface area contributed by atoms with Crippen molar-refractivity contribution in [2.24, 2.45) is 28.6 Å². The maximum atomic E-state index is 12.8. The van der Waals surface area contributed by atoms with Crippen LogP contribution in [-0.2, 0) is 28.3 Å². The summed E-state index contributed by atoms with van der Waals surface area (Å²) in [5.41, 5.74) is 2.06. The van der Waals surface area contributed by atoms with Crippen LogP contribution in [-0.4, -0.2) is 66.3 Å². The molecule has 0 aromatic rings. The molecule has 284 valence electrons. The quantitative estimate of drug-likeness (QED) is 0.0408. The van der Waals surface area contributed by atoms with Gasteiger partial charge >= 0.3 is 5.97 Å². The predicted molar refractivity (Wildman–Crippen MR) is 208 cm³/mol. The van der Waals surface area contributed by atoms with Gasteiger partial charge in [0, 0.05) is 18.4 Å². The van der Waals surface area contributed by atoms with E-state index in [1.807, 2.05) is 6.08 Å². The number of ether oxygens (including phenoxy) is 3. The minimum Gasteiger partial charge on any atom is -0.462 e. The number of allylic oxidation sites excluding steroid dienone is 2. The Morgan fingerprint density at radius 2 is 1.63 bits per heavy atom. The number of hydrogen-bond acceptors (Lipinski definition) is 6. The van der Waals surface area contributed by atoms with Gasteiger partial charge in [-0.05, 0) is 100 Å². The van der Waals surface area contributed by atoms with E-state index in [-0.39, 0.29) is 54.4 Å². The molecule has 0 aliphatic heterocycles. The van der Waals surface area contributed by atoms with Gasteiger partial charge in [0.15, 0.2) is 0 Å². The second kappa shape index (κ2) is 22.1. The van der Waals surface area contributed by atoms with Crippen molar-refractivity contribution in [2.45, 2.75) is 180 Å². The molecule has 3 fully saturated rings. The van der Waals surface area contributed by atoms with Gasteiger partial charge < -0.3 is 23.5 Å². The molecule has 0 amide bonds. The van der Waals surface area contributed by atoms with Crippen LogP contribution >= 0.6 is 0 Å². The number of unbranched alkanes of at least 4 members (excludes halogenated alkanes) is 10. The fourth-order valence-electron chi connectivity index (χ4n) is 10.3. The van der Waals surface area contributed by atoms with Crippen LogP contribution in [0.2, 0.25) is 0 Å². The monoisotopic (exact) mass is 705 g/mol. The van der Waals surface area contributed by atoms with Gasteiger partial charge in [-0.1, -0.05) is 102 Å². The zero-order chi connectivity index (χ0) is 36.5. The third-order valence-corrected chi connectivity index (χ3v) is 13.3. The third kappa shape index (κ3) is 12.1. The van der Waals surface area contributed by atoms with Gasteiger partial charge in [0.1, 0.15) is 12.2 Å². The number of carbonyl (C=O) groups excluding carboxylic acids is 1. The molecular formula is C43H70B2O6. The molecule has 8 atom stereocenters. The van der Waals surface area contributed by atoms with Gasteiger partial charge in [0.25, 0.3) is 16.1 Å². The highest BCUT2D eigenvalue weighted by Gasteiger charge is 2.60. The topological polar surface area (TPSA) is 63.2 Å². The zero-order valence-corrected chi connectivity index (χ0v) is 32.6. The van der Waals surface area contributed by atoms with E-state index in [9.17, 15) is 4.79 Å². The van der Waals surface area contributed by atoms with Gasteiger partial charge in [-0.2, -0.15) is 0 Å². The van der Waals surface area contributed by atoms with Crippen LogP contribution in [0.4, 0.5) is 0 Å². The fourth-order valence-corrected chi connectivity index (χ4v) is 10.3. The van der Waals surface area contributed by atoms with Crippen molar-refractivity contribution in [3.05, 3.63) is 36.5 Å². The standard InChI is InChI=1S/C43H70B2O6/c1-5-7-8-17-20-41(46)51-40-24-23-38-37-22-21-33-30-35(25-27-42(33,3)39(37)26-28-43(38,40)4)50-34(6-2)19-16-14-12-10-9-11-13-15-18-29-47-36(31-48-44)32-49-45/h6,16,19,30,34-40H,2,5,7-15,17-18,20-29,31-32H2,1,3-4H3/b19-16-/t34?,35?,37-,38-,39-,40-,42-,43-/m0/s1. The van der Waals surface area contributed by atoms with Crippen LogP contribution in [0.3, 0.4) is 0 Å². The van der Waals surface area contributed by atoms with Gasteiger partial charge in [0.05, 0.1) is 25.4 Å². The van der Waals surface area contributed by atoms with Crippen LogP contribution in [0.1, 0.15) is 156 Å². The maximum absolute atomic E-state index is 12.8. The summed E-state index contributed by atoms with van der Waals surface area (Å²) in [7, 11) is 10.2. The van der Waals surface area contributed by atoms with E-state index in [1.54, 1.807) is 5.57 Å². The van der Waals surface area contributed by atoms with E-state index >= 15 is 0 Å². The molecule has 4 radical (unpaired) electrons. The summed E-state index contributed by atoms with van der Waals surface area (Å²) in [5.74, 6) is 2.19. The van der Waals surface area contributed by atoms with Crippen molar-refractivity contribution in [1.82, 2.24) is 0 Å². The molecule has 6 nitrogen and oxygen atoms in total. The summed E-state index contributed by atoms with van der Waals surface area (Å²) >= 11 is 0. The Morgan fingerprint density at radius 3 is 2.35 bits per heavy atom. The van der Waals surface area contributed by atoms with Gasteiger partial charge in [-0.3, -0.25) is 4.79 Å². The molecule has 3 saturated carbocycles. The molecule has 4 aliphatic rings. The molecule has 0 spiro atoms. The average Bonchev–Trinajstić information content (AvgIpc) is 3.45. The van der Waals surface area contributed by atoms with E-state index in [2.05, 4.69) is 54.9 Å². The van der Waals surface area contributed by atoms with Crippen molar-refractivity contribution in [2.75, 3.05) is 19.8 Å². The van der Waals surface area contributed by atoms with Crippen molar-refractivity contribution in [3.63, 3.8) is 0 Å². The molecule has 4 rings (SSSR count). The average molecular weight is 705 g/mol. The van der Waals surface area contributed by atoms with Crippen molar-refractivity contribution >= 4 is 22.1 Å². The predicted octanol–water partition coefficient (Wildman–Crippen LogP) is 10.0. The highest BCUT2D eigenvalue weighted by Crippen LogP contribution is 2.66. The summed E-state index contributed by atoms with van der Waals surface area (Å²) in [6.45, 7) is 12.6. The summed E-state index contributed by atoms with van der Waals surface area (Å²) < 4.78 is 27.8. The van der Waals surface area contributed by atoms with Crippen LogP contribution < -0.4 is 0 Å². The first-order valence-corrected chi connectivity index (χ1v) is 20.9. The number of fused-ring (bicyclic) bond motifs is 5. The van der Waals surface area contributed by atoms with Gasteiger partial charge in [-0.25, -0.2) is 0 Å². The Morgan fingerprint density at radius 1 is 0.902 bits per heavy atom. The third-order valence-electron chi connectivity index (χ3n) is 13.3. The molecule has 0 aromatic heterocycles. The first kappa shape index (κ1) is 42.4. The minimum absolute atomic E-state index is 0.0393. The SMILES string of the molecule is [B]OCC(CO[B])OCCCCCCCCC/C=C\C(C=C)OC1C=C2CC[C@H]3[C@@H]4CC[C@H](OC(=O)CCCCCC)[C@@]4(C)CC[C@@H]3[C@@]2(C)CC1. The lowest BCUT2D eigenvalue weighted by Crippen LogP contribution is -2.52. The molecule has 0 heterocycles. The van der Waals surface area contributed by atoms with E-state index in [1.165, 1.54) is 83.5 Å². The smallest absolute Gasteiger partial charge is 0.306 e. The molecular weight excluding hydrogens is 634 g/mol. The molecule has 4 aliphatic carbocycles. The first-order chi connectivity index (χ1) is 24.8. The number of hydrogen-bond donors (Lipinski definition) is 0. The summed E-state index contributed by atoms with van der Waals surface area (Å²) in [5, 5.41) is 0. The van der Waals surface area contributed by atoms with Crippen LogP contribution in [0.5, 0.6) is 0 Å². The molecule has 51 heavy (non-hydrogen) atoms. The van der Waals surface area contributed by atoms with Crippen LogP contribution in [0, 0.1) is 28.6 Å². The Hall–Kier alpha value is -1.34. The Kier molecular flexibility index (Phi) is 18.4. The number of carbonyl (C=O) groups is 1. The first-order valence-electron chi connectivity index (χ1n) is 20.9. The summed E-state index contributed by atoms with van der Waals surface area (Å²) in [6.07, 6.45) is 33.0. The normalized spacial score (nSPS) is 30.8.